The Balaban J connectivity index is 0.00000200. The Kier molecular flexibility index (Phi) is 6.23. The third-order valence-corrected chi connectivity index (χ3v) is 3.16. The zero-order valence-corrected chi connectivity index (χ0v) is 13.5. The molecule has 2 heterocycles. The van der Waals surface area contributed by atoms with Crippen LogP contribution in [-0.4, -0.2) is 19.6 Å². The zero-order valence-electron chi connectivity index (χ0n) is 12.7. The van der Waals surface area contributed by atoms with Gasteiger partial charge in [-0.25, -0.2) is 0 Å². The quantitative estimate of drug-likeness (QED) is 0.890. The monoisotopic (exact) mass is 297 g/mol. The van der Waals surface area contributed by atoms with Gasteiger partial charge in [0.25, 0.3) is 0 Å². The van der Waals surface area contributed by atoms with Crippen molar-refractivity contribution in [1.82, 2.24) is 24.9 Å². The van der Waals surface area contributed by atoms with Crippen LogP contribution < -0.4 is 5.32 Å². The van der Waals surface area contributed by atoms with Crippen LogP contribution in [0.3, 0.4) is 0 Å². The van der Waals surface area contributed by atoms with Gasteiger partial charge in [-0.1, -0.05) is 6.92 Å². The predicted molar refractivity (Wildman–Crippen MR) is 83.0 cm³/mol. The summed E-state index contributed by atoms with van der Waals surface area (Å²) in [6.07, 6.45) is 3.17. The first-order valence-electron chi connectivity index (χ1n) is 6.83. The summed E-state index contributed by atoms with van der Waals surface area (Å²) in [6, 6.07) is 2.15. The van der Waals surface area contributed by atoms with E-state index in [1.165, 1.54) is 11.3 Å². The van der Waals surface area contributed by atoms with Crippen LogP contribution in [0.1, 0.15) is 36.0 Å². The molecular weight excluding hydrogens is 274 g/mol. The van der Waals surface area contributed by atoms with Crippen LogP contribution in [0, 0.1) is 13.8 Å². The first-order valence-corrected chi connectivity index (χ1v) is 6.83. The number of nitrogens with zero attached hydrogens (tertiary/aromatic N) is 4. The van der Waals surface area contributed by atoms with Gasteiger partial charge in [0.2, 0.25) is 0 Å². The first-order chi connectivity index (χ1) is 9.10. The van der Waals surface area contributed by atoms with E-state index < -0.39 is 0 Å². The summed E-state index contributed by atoms with van der Waals surface area (Å²) in [6.45, 7) is 8.93. The highest BCUT2D eigenvalue weighted by molar-refractivity contribution is 5.85. The first kappa shape index (κ1) is 16.7. The van der Waals surface area contributed by atoms with Crippen molar-refractivity contribution in [3.63, 3.8) is 0 Å². The summed E-state index contributed by atoms with van der Waals surface area (Å²) in [5.74, 6) is 0. The molecule has 0 aliphatic rings. The molecule has 20 heavy (non-hydrogen) atoms. The van der Waals surface area contributed by atoms with Crippen molar-refractivity contribution >= 4 is 12.4 Å². The zero-order chi connectivity index (χ0) is 13.8. The Bertz CT molecular complexity index is 544. The van der Waals surface area contributed by atoms with E-state index >= 15 is 0 Å². The highest BCUT2D eigenvalue weighted by Gasteiger charge is 2.06. The topological polar surface area (TPSA) is 47.7 Å². The van der Waals surface area contributed by atoms with Crippen LogP contribution in [0.4, 0.5) is 0 Å². The van der Waals surface area contributed by atoms with Crippen molar-refractivity contribution in [3.05, 3.63) is 34.9 Å². The van der Waals surface area contributed by atoms with Crippen LogP contribution in [0.5, 0.6) is 0 Å². The van der Waals surface area contributed by atoms with Crippen molar-refractivity contribution in [2.45, 2.75) is 46.8 Å². The van der Waals surface area contributed by atoms with Gasteiger partial charge in [-0.15, -0.1) is 12.4 Å². The van der Waals surface area contributed by atoms with Crippen LogP contribution in [0.25, 0.3) is 0 Å². The van der Waals surface area contributed by atoms with E-state index in [1.54, 1.807) is 0 Å². The van der Waals surface area contributed by atoms with Crippen LogP contribution >= 0.6 is 12.4 Å². The molecule has 2 aromatic rings. The molecule has 112 valence electrons. The minimum atomic E-state index is 0. The molecule has 5 nitrogen and oxygen atoms in total. The molecule has 0 radical (unpaired) electrons. The van der Waals surface area contributed by atoms with Gasteiger partial charge in [0.1, 0.15) is 0 Å². The second-order valence-corrected chi connectivity index (χ2v) is 5.02. The molecule has 0 unspecified atom stereocenters. The van der Waals surface area contributed by atoms with Crippen LogP contribution in [0.2, 0.25) is 0 Å². The van der Waals surface area contributed by atoms with Gasteiger partial charge < -0.3 is 5.32 Å². The molecular formula is C14H24ClN5. The smallest absolute Gasteiger partial charge is 0.0638 e. The molecule has 0 atom stereocenters. The normalized spacial score (nSPS) is 10.6. The van der Waals surface area contributed by atoms with E-state index in [9.17, 15) is 0 Å². The SMILES string of the molecule is CCCn1nc(C)cc1CNCc1cn(C)nc1C.Cl. The highest BCUT2D eigenvalue weighted by atomic mass is 35.5. The Labute approximate surface area is 126 Å². The standard InChI is InChI=1S/C14H23N5.ClH/c1-5-6-19-14(7-11(2)16-19)9-15-8-13-10-18(4)17-12(13)3;/h7,10,15H,5-6,8-9H2,1-4H3;1H. The number of hydrogen-bond donors (Lipinski definition) is 1. The summed E-state index contributed by atoms with van der Waals surface area (Å²) in [5.41, 5.74) is 4.68. The number of hydrogen-bond acceptors (Lipinski definition) is 3. The molecule has 0 aliphatic carbocycles. The largest absolute Gasteiger partial charge is 0.307 e. The van der Waals surface area contributed by atoms with E-state index in [4.69, 9.17) is 0 Å². The number of aryl methyl sites for hydroxylation is 4. The molecule has 0 saturated carbocycles. The van der Waals surface area contributed by atoms with E-state index in [1.807, 2.05) is 25.6 Å². The fourth-order valence-electron chi connectivity index (χ4n) is 2.29. The van der Waals surface area contributed by atoms with E-state index in [0.29, 0.717) is 0 Å². The minimum absolute atomic E-state index is 0. The van der Waals surface area contributed by atoms with E-state index in [-0.39, 0.29) is 12.4 Å². The average molecular weight is 298 g/mol. The number of nitrogens with one attached hydrogen (secondary N) is 1. The molecule has 2 aromatic heterocycles. The van der Waals surface area contributed by atoms with E-state index in [2.05, 4.69) is 39.4 Å². The number of aromatic nitrogens is 4. The van der Waals surface area contributed by atoms with Gasteiger partial charge in [0.15, 0.2) is 0 Å². The summed E-state index contributed by atoms with van der Waals surface area (Å²) in [4.78, 5) is 0. The Morgan fingerprint density at radius 1 is 1.20 bits per heavy atom. The molecule has 0 aromatic carbocycles. The fraction of sp³-hybridized carbons (Fsp3) is 0.571. The third-order valence-electron chi connectivity index (χ3n) is 3.16. The number of halogens is 1. The Morgan fingerprint density at radius 3 is 2.55 bits per heavy atom. The average Bonchev–Trinajstić information content (AvgIpc) is 2.83. The maximum atomic E-state index is 4.51. The van der Waals surface area contributed by atoms with Gasteiger partial charge in [-0.3, -0.25) is 9.36 Å². The lowest BCUT2D eigenvalue weighted by molar-refractivity contribution is 0.547. The summed E-state index contributed by atoms with van der Waals surface area (Å²) >= 11 is 0. The maximum absolute atomic E-state index is 4.51. The van der Waals surface area contributed by atoms with Crippen molar-refractivity contribution in [3.8, 4) is 0 Å². The predicted octanol–water partition coefficient (Wildman–Crippen LogP) is 2.36. The molecule has 1 N–H and O–H groups in total. The second-order valence-electron chi connectivity index (χ2n) is 5.02. The summed E-state index contributed by atoms with van der Waals surface area (Å²) < 4.78 is 3.95. The molecule has 0 fully saturated rings. The molecule has 6 heteroatoms. The van der Waals surface area contributed by atoms with Crippen LogP contribution in [0.15, 0.2) is 12.3 Å². The lowest BCUT2D eigenvalue weighted by Gasteiger charge is -2.07. The molecule has 0 aliphatic heterocycles. The van der Waals surface area contributed by atoms with Crippen molar-refractivity contribution < 1.29 is 0 Å². The Morgan fingerprint density at radius 2 is 1.95 bits per heavy atom. The lowest BCUT2D eigenvalue weighted by atomic mass is 10.2. The molecule has 2 rings (SSSR count). The van der Waals surface area contributed by atoms with Gasteiger partial charge >= 0.3 is 0 Å². The van der Waals surface area contributed by atoms with Crippen LogP contribution in [-0.2, 0) is 26.7 Å². The van der Waals surface area contributed by atoms with Gasteiger partial charge in [0.05, 0.1) is 17.1 Å². The molecule has 0 bridgehead atoms. The number of rotatable bonds is 6. The fourth-order valence-corrected chi connectivity index (χ4v) is 2.29. The minimum Gasteiger partial charge on any atom is -0.307 e. The van der Waals surface area contributed by atoms with E-state index in [0.717, 1.165) is 37.4 Å². The summed E-state index contributed by atoms with van der Waals surface area (Å²) in [5, 5.41) is 12.3. The van der Waals surface area contributed by atoms with Crippen molar-refractivity contribution in [1.29, 1.82) is 0 Å². The summed E-state index contributed by atoms with van der Waals surface area (Å²) in [7, 11) is 1.95. The molecule has 0 amide bonds. The van der Waals surface area contributed by atoms with Crippen molar-refractivity contribution in [2.75, 3.05) is 0 Å². The van der Waals surface area contributed by atoms with Gasteiger partial charge in [-0.05, 0) is 26.3 Å². The lowest BCUT2D eigenvalue weighted by Crippen LogP contribution is -2.16. The second kappa shape index (κ2) is 7.45. The molecule has 0 saturated heterocycles. The molecule has 0 spiro atoms. The van der Waals surface area contributed by atoms with Crippen molar-refractivity contribution in [2.24, 2.45) is 7.05 Å². The Hall–Kier alpha value is -1.33. The van der Waals surface area contributed by atoms with Gasteiger partial charge in [0, 0.05) is 38.4 Å². The highest BCUT2D eigenvalue weighted by Crippen LogP contribution is 2.07. The third kappa shape index (κ3) is 4.08. The van der Waals surface area contributed by atoms with Gasteiger partial charge in [-0.2, -0.15) is 10.2 Å². The maximum Gasteiger partial charge on any atom is 0.0638 e.